The molecule has 7 heteroatoms. The van der Waals surface area contributed by atoms with Crippen molar-refractivity contribution in [3.63, 3.8) is 0 Å². The molecular formula is C18H16ClN5O. The number of aromatic nitrogens is 3. The quantitative estimate of drug-likeness (QED) is 0.656. The van der Waals surface area contributed by atoms with Gasteiger partial charge in [-0.3, -0.25) is 4.79 Å². The van der Waals surface area contributed by atoms with E-state index in [0.717, 1.165) is 16.9 Å². The highest BCUT2D eigenvalue weighted by Gasteiger charge is 2.05. The molecule has 0 bridgehead atoms. The highest BCUT2D eigenvalue weighted by molar-refractivity contribution is 6.30. The summed E-state index contributed by atoms with van der Waals surface area (Å²) >= 11 is 6.02. The molecule has 0 aliphatic rings. The largest absolute Gasteiger partial charge is 0.339 e. The molecule has 0 saturated carbocycles. The van der Waals surface area contributed by atoms with Crippen LogP contribution in [0.4, 0.5) is 23.1 Å². The molecule has 25 heavy (non-hydrogen) atoms. The molecule has 1 heterocycles. The predicted molar refractivity (Wildman–Crippen MR) is 99.0 cm³/mol. The van der Waals surface area contributed by atoms with Gasteiger partial charge in [0, 0.05) is 22.0 Å². The van der Waals surface area contributed by atoms with E-state index in [-0.39, 0.29) is 5.78 Å². The maximum Gasteiger partial charge on any atom is 0.249 e. The molecule has 1 aromatic heterocycles. The number of rotatable bonds is 5. The third-order valence-corrected chi connectivity index (χ3v) is 3.80. The van der Waals surface area contributed by atoms with Crippen LogP contribution in [-0.2, 0) is 0 Å². The first-order chi connectivity index (χ1) is 12.0. The summed E-state index contributed by atoms with van der Waals surface area (Å²) in [7, 11) is 0. The van der Waals surface area contributed by atoms with E-state index in [2.05, 4.69) is 25.8 Å². The number of anilines is 4. The monoisotopic (exact) mass is 353 g/mol. The van der Waals surface area contributed by atoms with Crippen LogP contribution >= 0.6 is 11.6 Å². The third kappa shape index (κ3) is 4.30. The summed E-state index contributed by atoms with van der Waals surface area (Å²) in [6.45, 7) is 3.50. The summed E-state index contributed by atoms with van der Waals surface area (Å²) in [4.78, 5) is 15.7. The minimum atomic E-state index is 0.0265. The van der Waals surface area contributed by atoms with Gasteiger partial charge in [-0.1, -0.05) is 17.7 Å². The second kappa shape index (κ2) is 7.27. The van der Waals surface area contributed by atoms with E-state index in [1.54, 1.807) is 18.2 Å². The lowest BCUT2D eigenvalue weighted by atomic mass is 10.1. The second-order valence-corrected chi connectivity index (χ2v) is 5.94. The van der Waals surface area contributed by atoms with Crippen molar-refractivity contribution in [1.29, 1.82) is 0 Å². The maximum atomic E-state index is 11.3. The van der Waals surface area contributed by atoms with E-state index < -0.39 is 0 Å². The average Bonchev–Trinajstić information content (AvgIpc) is 2.59. The van der Waals surface area contributed by atoms with Gasteiger partial charge in [0.2, 0.25) is 5.95 Å². The zero-order valence-corrected chi connectivity index (χ0v) is 14.5. The minimum Gasteiger partial charge on any atom is -0.339 e. The molecule has 0 saturated heterocycles. The van der Waals surface area contributed by atoms with Crippen molar-refractivity contribution in [2.45, 2.75) is 13.8 Å². The molecule has 6 nitrogen and oxygen atoms in total. The summed E-state index contributed by atoms with van der Waals surface area (Å²) in [5.41, 5.74) is 3.30. The highest BCUT2D eigenvalue weighted by Crippen LogP contribution is 2.23. The van der Waals surface area contributed by atoms with Gasteiger partial charge in [-0.15, -0.1) is 5.10 Å². The van der Waals surface area contributed by atoms with Crippen molar-refractivity contribution >= 4 is 40.5 Å². The molecule has 0 atom stereocenters. The Balaban J connectivity index is 1.77. The zero-order valence-electron chi connectivity index (χ0n) is 13.7. The number of aryl methyl sites for hydroxylation is 1. The van der Waals surface area contributed by atoms with Gasteiger partial charge in [-0.25, -0.2) is 0 Å². The number of ketones is 1. The van der Waals surface area contributed by atoms with Crippen LogP contribution in [0.3, 0.4) is 0 Å². The molecule has 0 aliphatic heterocycles. The van der Waals surface area contributed by atoms with Crippen LogP contribution in [0.25, 0.3) is 0 Å². The fraction of sp³-hybridized carbons (Fsp3) is 0.111. The first-order valence-electron chi connectivity index (χ1n) is 7.62. The Morgan fingerprint density at radius 2 is 1.84 bits per heavy atom. The third-order valence-electron chi connectivity index (χ3n) is 3.57. The molecule has 3 rings (SSSR count). The fourth-order valence-corrected chi connectivity index (χ4v) is 2.37. The summed E-state index contributed by atoms with van der Waals surface area (Å²) in [5, 5.41) is 14.8. The summed E-state index contributed by atoms with van der Waals surface area (Å²) in [5.74, 6) is 0.919. The number of hydrogen-bond donors (Lipinski definition) is 2. The zero-order chi connectivity index (χ0) is 17.8. The van der Waals surface area contributed by atoms with E-state index in [9.17, 15) is 4.79 Å². The van der Waals surface area contributed by atoms with Crippen molar-refractivity contribution in [2.75, 3.05) is 10.6 Å². The Bertz CT molecular complexity index is 912. The number of carbonyl (C=O) groups is 1. The lowest BCUT2D eigenvalue weighted by molar-refractivity contribution is 0.101. The Labute approximate surface area is 150 Å². The van der Waals surface area contributed by atoms with Gasteiger partial charge in [-0.2, -0.15) is 10.1 Å². The Kier molecular flexibility index (Phi) is 4.90. The van der Waals surface area contributed by atoms with Gasteiger partial charge < -0.3 is 10.6 Å². The Morgan fingerprint density at radius 1 is 1.08 bits per heavy atom. The van der Waals surface area contributed by atoms with Gasteiger partial charge in [0.25, 0.3) is 0 Å². The lowest BCUT2D eigenvalue weighted by Gasteiger charge is -2.10. The van der Waals surface area contributed by atoms with E-state index in [0.29, 0.717) is 22.4 Å². The van der Waals surface area contributed by atoms with Crippen LogP contribution in [0.1, 0.15) is 22.8 Å². The van der Waals surface area contributed by atoms with Crippen molar-refractivity contribution in [3.05, 3.63) is 64.8 Å². The number of benzene rings is 2. The molecule has 0 fully saturated rings. The second-order valence-electron chi connectivity index (χ2n) is 5.51. The molecule has 0 amide bonds. The first-order valence-corrected chi connectivity index (χ1v) is 8.00. The van der Waals surface area contributed by atoms with E-state index in [4.69, 9.17) is 11.6 Å². The van der Waals surface area contributed by atoms with Crippen LogP contribution in [-0.4, -0.2) is 21.0 Å². The number of halogens is 1. The smallest absolute Gasteiger partial charge is 0.249 e. The molecular weight excluding hydrogens is 338 g/mol. The van der Waals surface area contributed by atoms with E-state index >= 15 is 0 Å². The normalized spacial score (nSPS) is 10.4. The molecule has 3 aromatic rings. The number of hydrogen-bond acceptors (Lipinski definition) is 6. The molecule has 0 radical (unpaired) electrons. The SMILES string of the molecule is CC(=O)c1ccc(Nc2cnnc(Nc3cc(Cl)ccc3C)n2)cc1. The summed E-state index contributed by atoms with van der Waals surface area (Å²) < 4.78 is 0. The van der Waals surface area contributed by atoms with Crippen molar-refractivity contribution in [2.24, 2.45) is 0 Å². The Hall–Kier alpha value is -2.99. The standard InChI is InChI=1S/C18H16ClN5O/c1-11-3-6-14(19)9-16(11)22-18-23-17(10-20-24-18)21-15-7-4-13(5-8-15)12(2)25/h3-10H,1-2H3,(H2,21,22,23,24). The minimum absolute atomic E-state index is 0.0265. The van der Waals surface area contributed by atoms with Crippen molar-refractivity contribution in [1.82, 2.24) is 15.2 Å². The summed E-state index contributed by atoms with van der Waals surface area (Å²) in [6, 6.07) is 12.7. The number of Topliss-reactive ketones (excluding diaryl/α,β-unsaturated/α-hetero) is 1. The van der Waals surface area contributed by atoms with Crippen molar-refractivity contribution in [3.8, 4) is 0 Å². The van der Waals surface area contributed by atoms with Crippen LogP contribution in [0.5, 0.6) is 0 Å². The van der Waals surface area contributed by atoms with E-state index in [1.807, 2.05) is 31.2 Å². The predicted octanol–water partition coefficient (Wildman–Crippen LogP) is 4.52. The van der Waals surface area contributed by atoms with Gasteiger partial charge >= 0.3 is 0 Å². The maximum absolute atomic E-state index is 11.3. The summed E-state index contributed by atoms with van der Waals surface area (Å²) in [6.07, 6.45) is 1.52. The van der Waals surface area contributed by atoms with Gasteiger partial charge in [0.1, 0.15) is 0 Å². The molecule has 2 aromatic carbocycles. The highest BCUT2D eigenvalue weighted by atomic mass is 35.5. The van der Waals surface area contributed by atoms with Gasteiger partial charge in [0.15, 0.2) is 11.6 Å². The molecule has 2 N–H and O–H groups in total. The number of nitrogens with zero attached hydrogens (tertiary/aromatic N) is 3. The van der Waals surface area contributed by atoms with E-state index in [1.165, 1.54) is 13.1 Å². The Morgan fingerprint density at radius 3 is 2.56 bits per heavy atom. The van der Waals surface area contributed by atoms with Gasteiger partial charge in [0.05, 0.1) is 6.20 Å². The molecule has 126 valence electrons. The van der Waals surface area contributed by atoms with Crippen LogP contribution in [0.15, 0.2) is 48.7 Å². The van der Waals surface area contributed by atoms with Gasteiger partial charge in [-0.05, 0) is 55.8 Å². The topological polar surface area (TPSA) is 79.8 Å². The van der Waals surface area contributed by atoms with Crippen molar-refractivity contribution < 1.29 is 4.79 Å². The van der Waals surface area contributed by atoms with Crippen LogP contribution in [0, 0.1) is 6.92 Å². The lowest BCUT2D eigenvalue weighted by Crippen LogP contribution is -2.03. The molecule has 0 unspecified atom stereocenters. The average molecular weight is 354 g/mol. The molecule has 0 aliphatic carbocycles. The van der Waals surface area contributed by atoms with Crippen LogP contribution < -0.4 is 10.6 Å². The first kappa shape index (κ1) is 16.9. The van der Waals surface area contributed by atoms with Crippen LogP contribution in [0.2, 0.25) is 5.02 Å². The molecule has 0 spiro atoms. The number of carbonyl (C=O) groups excluding carboxylic acids is 1. The number of nitrogens with one attached hydrogen (secondary N) is 2. The fourth-order valence-electron chi connectivity index (χ4n) is 2.20.